The van der Waals surface area contributed by atoms with E-state index >= 15 is 0 Å². The maximum atomic E-state index is 11.4. The number of nitrogens with zero attached hydrogens (tertiary/aromatic N) is 3. The van der Waals surface area contributed by atoms with Crippen molar-refractivity contribution in [3.8, 4) is 11.1 Å². The zero-order chi connectivity index (χ0) is 17.6. The van der Waals surface area contributed by atoms with Gasteiger partial charge in [-0.25, -0.2) is 0 Å². The molecule has 5 nitrogen and oxygen atoms in total. The summed E-state index contributed by atoms with van der Waals surface area (Å²) in [4.78, 5) is 11.4. The van der Waals surface area contributed by atoms with E-state index in [4.69, 9.17) is 11.6 Å². The molecule has 2 heterocycles. The Morgan fingerprint density at radius 1 is 1.20 bits per heavy atom. The van der Waals surface area contributed by atoms with Crippen molar-refractivity contribution in [2.24, 2.45) is 0 Å². The van der Waals surface area contributed by atoms with Crippen LogP contribution in [0.5, 0.6) is 0 Å². The molecule has 0 aliphatic carbocycles. The maximum Gasteiger partial charge on any atom is 0.307 e. The van der Waals surface area contributed by atoms with Crippen LogP contribution in [0.3, 0.4) is 0 Å². The molecule has 0 saturated carbocycles. The molecule has 2 aromatic carbocycles. The number of benzene rings is 2. The summed E-state index contributed by atoms with van der Waals surface area (Å²) in [6.07, 6.45) is 1.62. The number of carboxylic acids is 1. The quantitative estimate of drug-likeness (QED) is 0.602. The SMILES string of the molecule is Cc1cc2c(ccc3nncn32)c(-c2ccc(Cl)cc2)c1CC(=O)O. The molecule has 0 radical (unpaired) electrons. The van der Waals surface area contributed by atoms with E-state index < -0.39 is 5.97 Å². The average Bonchev–Trinajstić information content (AvgIpc) is 3.05. The van der Waals surface area contributed by atoms with Crippen LogP contribution < -0.4 is 0 Å². The highest BCUT2D eigenvalue weighted by atomic mass is 35.5. The molecule has 4 rings (SSSR count). The lowest BCUT2D eigenvalue weighted by molar-refractivity contribution is -0.136. The Morgan fingerprint density at radius 2 is 1.96 bits per heavy atom. The van der Waals surface area contributed by atoms with E-state index in [1.54, 1.807) is 6.33 Å². The van der Waals surface area contributed by atoms with E-state index in [0.717, 1.165) is 38.8 Å². The van der Waals surface area contributed by atoms with E-state index in [0.29, 0.717) is 5.02 Å². The predicted molar refractivity (Wildman–Crippen MR) is 97.0 cm³/mol. The van der Waals surface area contributed by atoms with E-state index in [9.17, 15) is 9.90 Å². The van der Waals surface area contributed by atoms with Crippen LogP contribution in [0, 0.1) is 6.92 Å². The van der Waals surface area contributed by atoms with Gasteiger partial charge in [-0.1, -0.05) is 23.7 Å². The van der Waals surface area contributed by atoms with Crippen LogP contribution in [0.1, 0.15) is 11.1 Å². The van der Waals surface area contributed by atoms with E-state index in [2.05, 4.69) is 10.2 Å². The number of fused-ring (bicyclic) bond motifs is 3. The largest absolute Gasteiger partial charge is 0.481 e. The Kier molecular flexibility index (Phi) is 3.66. The first-order chi connectivity index (χ1) is 12.0. The third-order valence-corrected chi connectivity index (χ3v) is 4.62. The molecule has 124 valence electrons. The fraction of sp³-hybridized carbons (Fsp3) is 0.105. The molecule has 4 aromatic rings. The summed E-state index contributed by atoms with van der Waals surface area (Å²) in [6, 6.07) is 13.3. The molecule has 25 heavy (non-hydrogen) atoms. The van der Waals surface area contributed by atoms with Crippen LogP contribution in [-0.2, 0) is 11.2 Å². The minimum Gasteiger partial charge on any atom is -0.481 e. The highest BCUT2D eigenvalue weighted by molar-refractivity contribution is 6.30. The number of hydrogen-bond donors (Lipinski definition) is 1. The zero-order valence-electron chi connectivity index (χ0n) is 13.4. The topological polar surface area (TPSA) is 67.5 Å². The fourth-order valence-corrected chi connectivity index (χ4v) is 3.38. The molecule has 1 N–H and O–H groups in total. The molecule has 0 aliphatic rings. The molecule has 0 unspecified atom stereocenters. The molecule has 0 spiro atoms. The Balaban J connectivity index is 2.13. The highest BCUT2D eigenvalue weighted by Crippen LogP contribution is 2.35. The second-order valence-corrected chi connectivity index (χ2v) is 6.39. The second-order valence-electron chi connectivity index (χ2n) is 5.95. The monoisotopic (exact) mass is 351 g/mol. The van der Waals surface area contributed by atoms with E-state index in [1.807, 2.05) is 53.8 Å². The van der Waals surface area contributed by atoms with Crippen molar-refractivity contribution < 1.29 is 9.90 Å². The Labute approximate surface area is 148 Å². The number of pyridine rings is 1. The number of halogens is 1. The summed E-state index contributed by atoms with van der Waals surface area (Å²) in [6.45, 7) is 1.93. The normalized spacial score (nSPS) is 11.3. The van der Waals surface area contributed by atoms with Gasteiger partial charge < -0.3 is 5.11 Å². The number of aryl methyl sites for hydroxylation is 1. The summed E-state index contributed by atoms with van der Waals surface area (Å²) in [7, 11) is 0. The van der Waals surface area contributed by atoms with Crippen molar-refractivity contribution in [3.05, 3.63) is 64.9 Å². The van der Waals surface area contributed by atoms with Crippen LogP contribution >= 0.6 is 11.6 Å². The lowest BCUT2D eigenvalue weighted by Gasteiger charge is -2.16. The minimum absolute atomic E-state index is 0.0417. The summed E-state index contributed by atoms with van der Waals surface area (Å²) in [5.41, 5.74) is 5.25. The fourth-order valence-electron chi connectivity index (χ4n) is 3.25. The van der Waals surface area contributed by atoms with Gasteiger partial charge in [0.15, 0.2) is 5.65 Å². The van der Waals surface area contributed by atoms with Crippen molar-refractivity contribution in [2.45, 2.75) is 13.3 Å². The molecular weight excluding hydrogens is 338 g/mol. The van der Waals surface area contributed by atoms with Gasteiger partial charge in [0.25, 0.3) is 0 Å². The Hall–Kier alpha value is -2.92. The summed E-state index contributed by atoms with van der Waals surface area (Å²) in [5.74, 6) is -0.858. The second kappa shape index (κ2) is 5.86. The minimum atomic E-state index is -0.858. The Bertz CT molecular complexity index is 1120. The predicted octanol–water partition coefficient (Wildman–Crippen LogP) is 4.14. The van der Waals surface area contributed by atoms with Gasteiger partial charge in [0.1, 0.15) is 6.33 Å². The third-order valence-electron chi connectivity index (χ3n) is 4.37. The number of aromatic nitrogens is 3. The van der Waals surface area contributed by atoms with Gasteiger partial charge in [-0.15, -0.1) is 10.2 Å². The van der Waals surface area contributed by atoms with Gasteiger partial charge in [0, 0.05) is 10.4 Å². The van der Waals surface area contributed by atoms with Crippen LogP contribution in [0.4, 0.5) is 0 Å². The van der Waals surface area contributed by atoms with E-state index in [1.165, 1.54) is 0 Å². The Morgan fingerprint density at radius 3 is 2.68 bits per heavy atom. The van der Waals surface area contributed by atoms with Crippen molar-refractivity contribution in [3.63, 3.8) is 0 Å². The first-order valence-electron chi connectivity index (χ1n) is 7.77. The molecule has 0 aliphatic heterocycles. The van der Waals surface area contributed by atoms with Gasteiger partial charge in [0.05, 0.1) is 11.9 Å². The molecule has 6 heteroatoms. The number of carboxylic acid groups (broad SMARTS) is 1. The highest BCUT2D eigenvalue weighted by Gasteiger charge is 2.17. The standard InChI is InChI=1S/C19H14ClN3O2/c1-11-8-16-14(6-7-17-22-21-10-23(16)17)19(15(11)9-18(24)25)12-2-4-13(20)5-3-12/h2-8,10H,9H2,1H3,(H,24,25). The number of carbonyl (C=O) groups is 1. The molecule has 2 aromatic heterocycles. The van der Waals surface area contributed by atoms with Gasteiger partial charge in [-0.2, -0.15) is 0 Å². The van der Waals surface area contributed by atoms with Gasteiger partial charge >= 0.3 is 5.97 Å². The van der Waals surface area contributed by atoms with Gasteiger partial charge in [-0.3, -0.25) is 9.20 Å². The van der Waals surface area contributed by atoms with Crippen molar-refractivity contribution in [1.82, 2.24) is 14.6 Å². The zero-order valence-corrected chi connectivity index (χ0v) is 14.2. The summed E-state index contributed by atoms with van der Waals surface area (Å²) >= 11 is 6.02. The van der Waals surface area contributed by atoms with Crippen molar-refractivity contribution in [2.75, 3.05) is 0 Å². The summed E-state index contributed by atoms with van der Waals surface area (Å²) in [5, 5.41) is 19.0. The molecule has 0 atom stereocenters. The number of hydrogen-bond acceptors (Lipinski definition) is 3. The van der Waals surface area contributed by atoms with Crippen LogP contribution in [-0.4, -0.2) is 25.7 Å². The maximum absolute atomic E-state index is 11.4. The van der Waals surface area contributed by atoms with Crippen LogP contribution in [0.25, 0.3) is 27.7 Å². The summed E-state index contributed by atoms with van der Waals surface area (Å²) < 4.78 is 1.91. The van der Waals surface area contributed by atoms with Crippen LogP contribution in [0.2, 0.25) is 5.02 Å². The molecule has 0 saturated heterocycles. The first-order valence-corrected chi connectivity index (χ1v) is 8.15. The molecule has 0 fully saturated rings. The van der Waals surface area contributed by atoms with Crippen molar-refractivity contribution >= 4 is 34.1 Å². The number of aliphatic carboxylic acids is 1. The molecule has 0 amide bonds. The number of rotatable bonds is 3. The van der Waals surface area contributed by atoms with Gasteiger partial charge in [0.2, 0.25) is 0 Å². The molecular formula is C19H14ClN3O2. The third kappa shape index (κ3) is 2.62. The average molecular weight is 352 g/mol. The van der Waals surface area contributed by atoms with Crippen LogP contribution in [0.15, 0.2) is 48.8 Å². The lowest BCUT2D eigenvalue weighted by Crippen LogP contribution is -2.05. The first kappa shape index (κ1) is 15.6. The lowest BCUT2D eigenvalue weighted by atomic mass is 9.90. The molecule has 0 bridgehead atoms. The van der Waals surface area contributed by atoms with E-state index in [-0.39, 0.29) is 6.42 Å². The van der Waals surface area contributed by atoms with Crippen molar-refractivity contribution in [1.29, 1.82) is 0 Å². The smallest absolute Gasteiger partial charge is 0.307 e. The van der Waals surface area contributed by atoms with Gasteiger partial charge in [-0.05, 0) is 59.5 Å².